The molecule has 0 saturated carbocycles. The molecule has 0 aliphatic heterocycles. The van der Waals surface area contributed by atoms with E-state index in [1.165, 1.54) is 18.0 Å². The van der Waals surface area contributed by atoms with E-state index in [1.807, 2.05) is 30.3 Å². The summed E-state index contributed by atoms with van der Waals surface area (Å²) in [6, 6.07) is 14.5. The van der Waals surface area contributed by atoms with Crippen molar-refractivity contribution in [2.24, 2.45) is 0 Å². The van der Waals surface area contributed by atoms with Crippen LogP contribution in [0, 0.1) is 0 Å². The minimum atomic E-state index is -0.267. The molecule has 168 valence electrons. The number of aliphatic hydroxyl groups is 1. The molecule has 0 aliphatic rings. The van der Waals surface area contributed by atoms with Crippen molar-refractivity contribution in [1.82, 2.24) is 20.2 Å². The number of hydrogen-bond acceptors (Lipinski definition) is 5. The summed E-state index contributed by atoms with van der Waals surface area (Å²) in [5.41, 5.74) is 2.24. The zero-order chi connectivity index (χ0) is 22.9. The Kier molecular flexibility index (Phi) is 8.99. The standard InChI is InChI=1S/C22H22Cl2N4O3S/c23-17-7-5-15(6-8-17)9-25-20(30)12-28-18(13-29)11-27-22(28)32-14-21(31)26-10-16-3-1-2-4-19(16)24/h1-8,11,29H,9-10,12-14H2,(H,25,30)(H,26,31). The van der Waals surface area contributed by atoms with Crippen LogP contribution in [-0.4, -0.2) is 32.2 Å². The molecule has 2 amide bonds. The number of imidazole rings is 1. The topological polar surface area (TPSA) is 96.2 Å². The molecule has 0 unspecified atom stereocenters. The summed E-state index contributed by atoms with van der Waals surface area (Å²) in [7, 11) is 0. The third-order valence-corrected chi connectivity index (χ3v) is 6.15. The number of halogens is 2. The first kappa shape index (κ1) is 24.1. The number of rotatable bonds is 10. The van der Waals surface area contributed by atoms with Gasteiger partial charge in [0.2, 0.25) is 11.8 Å². The number of thioether (sulfide) groups is 1. The minimum absolute atomic E-state index is 0.0208. The minimum Gasteiger partial charge on any atom is -0.390 e. The second kappa shape index (κ2) is 11.9. The zero-order valence-electron chi connectivity index (χ0n) is 17.1. The molecule has 0 fully saturated rings. The van der Waals surface area contributed by atoms with Gasteiger partial charge in [-0.1, -0.05) is 65.3 Å². The number of aliphatic hydroxyl groups excluding tert-OH is 1. The van der Waals surface area contributed by atoms with Gasteiger partial charge in [0.25, 0.3) is 0 Å². The first-order valence-electron chi connectivity index (χ1n) is 9.75. The summed E-state index contributed by atoms with van der Waals surface area (Å²) in [6.45, 7) is 0.387. The van der Waals surface area contributed by atoms with Crippen LogP contribution in [0.2, 0.25) is 10.0 Å². The molecule has 1 aromatic heterocycles. The maximum absolute atomic E-state index is 12.4. The normalized spacial score (nSPS) is 10.7. The molecule has 3 rings (SSSR count). The molecule has 0 radical (unpaired) electrons. The Hall–Kier alpha value is -2.52. The second-order valence-corrected chi connectivity index (χ2v) is 8.62. The molecule has 0 bridgehead atoms. The van der Waals surface area contributed by atoms with Gasteiger partial charge >= 0.3 is 0 Å². The lowest BCUT2D eigenvalue weighted by molar-refractivity contribution is -0.122. The summed E-state index contributed by atoms with van der Waals surface area (Å²) >= 11 is 13.2. The summed E-state index contributed by atoms with van der Waals surface area (Å²) in [5, 5.41) is 16.9. The molecule has 0 aliphatic carbocycles. The third-order valence-electron chi connectivity index (χ3n) is 4.53. The molecule has 2 aromatic carbocycles. The van der Waals surface area contributed by atoms with Crippen LogP contribution in [0.1, 0.15) is 16.8 Å². The first-order chi connectivity index (χ1) is 15.5. The van der Waals surface area contributed by atoms with Crippen LogP contribution >= 0.6 is 35.0 Å². The lowest BCUT2D eigenvalue weighted by Crippen LogP contribution is -2.28. The highest BCUT2D eigenvalue weighted by Gasteiger charge is 2.15. The maximum atomic E-state index is 12.4. The van der Waals surface area contributed by atoms with Crippen molar-refractivity contribution in [3.63, 3.8) is 0 Å². The van der Waals surface area contributed by atoms with Crippen molar-refractivity contribution in [3.05, 3.63) is 81.6 Å². The highest BCUT2D eigenvalue weighted by Crippen LogP contribution is 2.19. The van der Waals surface area contributed by atoms with Crippen molar-refractivity contribution in [3.8, 4) is 0 Å². The second-order valence-electron chi connectivity index (χ2n) is 6.84. The number of hydrogen-bond donors (Lipinski definition) is 3. The molecule has 3 aromatic rings. The van der Waals surface area contributed by atoms with Crippen molar-refractivity contribution in [2.75, 3.05) is 5.75 Å². The fourth-order valence-electron chi connectivity index (χ4n) is 2.82. The highest BCUT2D eigenvalue weighted by atomic mass is 35.5. The van der Waals surface area contributed by atoms with E-state index in [4.69, 9.17) is 23.2 Å². The predicted molar refractivity (Wildman–Crippen MR) is 125 cm³/mol. The molecule has 0 saturated heterocycles. The summed E-state index contributed by atoms with van der Waals surface area (Å²) < 4.78 is 1.60. The van der Waals surface area contributed by atoms with E-state index < -0.39 is 0 Å². The molecule has 10 heteroatoms. The summed E-state index contributed by atoms with van der Waals surface area (Å²) in [5.74, 6) is -0.321. The number of carbonyl (C=O) groups is 2. The molecular weight excluding hydrogens is 471 g/mol. The molecule has 1 heterocycles. The SMILES string of the molecule is O=C(CSc1ncc(CO)n1CC(=O)NCc1ccc(Cl)cc1)NCc1ccccc1Cl. The lowest BCUT2D eigenvalue weighted by Gasteiger charge is -2.11. The molecule has 32 heavy (non-hydrogen) atoms. The zero-order valence-corrected chi connectivity index (χ0v) is 19.4. The number of carbonyl (C=O) groups excluding carboxylic acids is 2. The van der Waals surface area contributed by atoms with Crippen LogP contribution in [0.15, 0.2) is 59.9 Å². The fraction of sp³-hybridized carbons (Fsp3) is 0.227. The van der Waals surface area contributed by atoms with Gasteiger partial charge in [-0.15, -0.1) is 0 Å². The van der Waals surface area contributed by atoms with Crippen LogP contribution < -0.4 is 10.6 Å². The Labute approximate surface area is 200 Å². The molecule has 7 nitrogen and oxygen atoms in total. The monoisotopic (exact) mass is 492 g/mol. The van der Waals surface area contributed by atoms with Crippen LogP contribution in [0.4, 0.5) is 0 Å². The van der Waals surface area contributed by atoms with Gasteiger partial charge in [0.15, 0.2) is 5.16 Å². The largest absolute Gasteiger partial charge is 0.390 e. The summed E-state index contributed by atoms with van der Waals surface area (Å²) in [4.78, 5) is 28.9. The van der Waals surface area contributed by atoms with Crippen molar-refractivity contribution < 1.29 is 14.7 Å². The quantitative estimate of drug-likeness (QED) is 0.377. The predicted octanol–water partition coefficient (Wildman–Crippen LogP) is 3.41. The van der Waals surface area contributed by atoms with Gasteiger partial charge in [0.05, 0.1) is 24.3 Å². The Morgan fingerprint density at radius 3 is 2.44 bits per heavy atom. The van der Waals surface area contributed by atoms with Crippen LogP contribution in [0.3, 0.4) is 0 Å². The maximum Gasteiger partial charge on any atom is 0.240 e. The average Bonchev–Trinajstić information content (AvgIpc) is 3.18. The number of nitrogens with zero attached hydrogens (tertiary/aromatic N) is 2. The van der Waals surface area contributed by atoms with Crippen molar-refractivity contribution in [1.29, 1.82) is 0 Å². The van der Waals surface area contributed by atoms with E-state index in [-0.39, 0.29) is 30.7 Å². The van der Waals surface area contributed by atoms with E-state index in [0.717, 1.165) is 11.1 Å². The number of nitrogens with one attached hydrogen (secondary N) is 2. The van der Waals surface area contributed by atoms with E-state index in [2.05, 4.69) is 15.6 Å². The molecule has 3 N–H and O–H groups in total. The van der Waals surface area contributed by atoms with Gasteiger partial charge in [-0.2, -0.15) is 0 Å². The molecular formula is C22H22Cl2N4O3S. The van der Waals surface area contributed by atoms with Crippen LogP contribution in [0.5, 0.6) is 0 Å². The van der Waals surface area contributed by atoms with E-state index in [0.29, 0.717) is 34.0 Å². The van der Waals surface area contributed by atoms with Gasteiger partial charge in [0.1, 0.15) is 6.54 Å². The third kappa shape index (κ3) is 7.00. The smallest absolute Gasteiger partial charge is 0.240 e. The van der Waals surface area contributed by atoms with Gasteiger partial charge < -0.3 is 20.3 Å². The Morgan fingerprint density at radius 1 is 1.00 bits per heavy atom. The Balaban J connectivity index is 1.53. The number of amides is 2. The fourth-order valence-corrected chi connectivity index (χ4v) is 3.98. The van der Waals surface area contributed by atoms with Crippen molar-refractivity contribution >= 4 is 46.8 Å². The lowest BCUT2D eigenvalue weighted by atomic mass is 10.2. The highest BCUT2D eigenvalue weighted by molar-refractivity contribution is 7.99. The van der Waals surface area contributed by atoms with Crippen LogP contribution in [0.25, 0.3) is 0 Å². The number of aromatic nitrogens is 2. The van der Waals surface area contributed by atoms with Gasteiger partial charge in [-0.05, 0) is 29.3 Å². The average molecular weight is 493 g/mol. The van der Waals surface area contributed by atoms with E-state index in [9.17, 15) is 14.7 Å². The van der Waals surface area contributed by atoms with E-state index in [1.54, 1.807) is 22.8 Å². The van der Waals surface area contributed by atoms with Gasteiger partial charge in [0, 0.05) is 23.1 Å². The Bertz CT molecular complexity index is 1070. The van der Waals surface area contributed by atoms with Gasteiger partial charge in [-0.25, -0.2) is 4.98 Å². The molecule has 0 spiro atoms. The summed E-state index contributed by atoms with van der Waals surface area (Å²) in [6.07, 6.45) is 1.50. The Morgan fingerprint density at radius 2 is 1.72 bits per heavy atom. The van der Waals surface area contributed by atoms with E-state index >= 15 is 0 Å². The first-order valence-corrected chi connectivity index (χ1v) is 11.5. The van der Waals surface area contributed by atoms with Crippen LogP contribution in [-0.2, 0) is 35.8 Å². The molecule has 0 atom stereocenters. The van der Waals surface area contributed by atoms with Crippen molar-refractivity contribution in [2.45, 2.75) is 31.4 Å². The number of benzene rings is 2. The van der Waals surface area contributed by atoms with Gasteiger partial charge in [-0.3, -0.25) is 9.59 Å².